The van der Waals surface area contributed by atoms with Crippen LogP contribution in [0.5, 0.6) is 0 Å². The molecule has 1 unspecified atom stereocenters. The third-order valence-corrected chi connectivity index (χ3v) is 1.95. The van der Waals surface area contributed by atoms with Gasteiger partial charge in [-0.2, -0.15) is 10.5 Å². The summed E-state index contributed by atoms with van der Waals surface area (Å²) in [6, 6.07) is 3.65. The van der Waals surface area contributed by atoms with Crippen LogP contribution in [0.25, 0.3) is 0 Å². The van der Waals surface area contributed by atoms with E-state index in [1.807, 2.05) is 12.1 Å². The van der Waals surface area contributed by atoms with E-state index in [1.165, 1.54) is 4.90 Å². The van der Waals surface area contributed by atoms with E-state index in [0.717, 1.165) is 0 Å². The Bertz CT molecular complexity index is 237. The van der Waals surface area contributed by atoms with Crippen molar-refractivity contribution in [1.82, 2.24) is 4.90 Å². The van der Waals surface area contributed by atoms with Crippen molar-refractivity contribution in [2.45, 2.75) is 6.92 Å². The lowest BCUT2D eigenvalue weighted by Gasteiger charge is -2.18. The Kier molecular flexibility index (Phi) is 5.67. The molecular formula is C8H10ClN3O. The number of hydrogen-bond donors (Lipinski definition) is 0. The molecule has 0 aromatic carbocycles. The third kappa shape index (κ3) is 3.78. The van der Waals surface area contributed by atoms with Crippen molar-refractivity contribution < 1.29 is 4.79 Å². The highest BCUT2D eigenvalue weighted by molar-refractivity contribution is 6.19. The highest BCUT2D eigenvalue weighted by Crippen LogP contribution is 2.03. The second-order valence-electron chi connectivity index (χ2n) is 2.57. The fraction of sp³-hybridized carbons (Fsp3) is 0.625. The summed E-state index contributed by atoms with van der Waals surface area (Å²) in [5, 5.41) is 16.8. The van der Waals surface area contributed by atoms with E-state index in [9.17, 15) is 4.79 Å². The first-order chi connectivity index (χ1) is 6.17. The summed E-state index contributed by atoms with van der Waals surface area (Å²) in [5.74, 6) is -0.395. The summed E-state index contributed by atoms with van der Waals surface area (Å²) in [4.78, 5) is 12.6. The van der Waals surface area contributed by atoms with E-state index in [4.69, 9.17) is 22.1 Å². The number of halogens is 1. The standard InChI is InChI=1S/C8H10ClN3O/c1-7(6-9)8(13)12(4-2-10)5-3-11/h7H,4-6H2,1H3. The second-order valence-corrected chi connectivity index (χ2v) is 2.87. The van der Waals surface area contributed by atoms with Crippen molar-refractivity contribution >= 4 is 17.5 Å². The average Bonchev–Trinajstić information content (AvgIpc) is 2.15. The van der Waals surface area contributed by atoms with Crippen LogP contribution >= 0.6 is 11.6 Å². The fourth-order valence-electron chi connectivity index (χ4n) is 0.760. The van der Waals surface area contributed by atoms with E-state index < -0.39 is 0 Å². The van der Waals surface area contributed by atoms with Crippen LogP contribution in [-0.4, -0.2) is 29.8 Å². The molecule has 70 valence electrons. The molecule has 0 aliphatic rings. The van der Waals surface area contributed by atoms with E-state index >= 15 is 0 Å². The maximum atomic E-state index is 11.4. The van der Waals surface area contributed by atoms with Crippen LogP contribution in [0.3, 0.4) is 0 Å². The fourth-order valence-corrected chi connectivity index (χ4v) is 0.892. The molecule has 0 heterocycles. The van der Waals surface area contributed by atoms with E-state index in [0.29, 0.717) is 0 Å². The maximum Gasteiger partial charge on any atom is 0.228 e. The number of nitrogens with zero attached hydrogens (tertiary/aromatic N) is 3. The number of carbonyl (C=O) groups is 1. The van der Waals surface area contributed by atoms with Gasteiger partial charge in [0.2, 0.25) is 5.91 Å². The van der Waals surface area contributed by atoms with Crippen molar-refractivity contribution in [3.63, 3.8) is 0 Å². The molecule has 0 aliphatic heterocycles. The van der Waals surface area contributed by atoms with Crippen LogP contribution < -0.4 is 0 Å². The Hall–Kier alpha value is -1.26. The normalized spacial score (nSPS) is 11.1. The van der Waals surface area contributed by atoms with E-state index in [-0.39, 0.29) is 30.8 Å². The van der Waals surface area contributed by atoms with Gasteiger partial charge in [0.1, 0.15) is 13.1 Å². The first-order valence-corrected chi connectivity index (χ1v) is 4.29. The Balaban J connectivity index is 4.30. The van der Waals surface area contributed by atoms with Gasteiger partial charge in [0.15, 0.2) is 0 Å². The lowest BCUT2D eigenvalue weighted by Crippen LogP contribution is -2.36. The molecule has 0 rings (SSSR count). The summed E-state index contributed by atoms with van der Waals surface area (Å²) in [6.45, 7) is 1.54. The van der Waals surface area contributed by atoms with Gasteiger partial charge >= 0.3 is 0 Å². The van der Waals surface area contributed by atoms with Crippen molar-refractivity contribution in [3.05, 3.63) is 0 Å². The summed E-state index contributed by atoms with van der Waals surface area (Å²) >= 11 is 5.48. The van der Waals surface area contributed by atoms with Gasteiger partial charge < -0.3 is 4.90 Å². The number of rotatable bonds is 4. The van der Waals surface area contributed by atoms with Gasteiger partial charge in [-0.3, -0.25) is 4.79 Å². The van der Waals surface area contributed by atoms with Crippen LogP contribution in [-0.2, 0) is 4.79 Å². The summed E-state index contributed by atoms with van der Waals surface area (Å²) in [7, 11) is 0. The van der Waals surface area contributed by atoms with Crippen molar-refractivity contribution in [2.24, 2.45) is 5.92 Å². The Morgan fingerprint density at radius 2 is 1.92 bits per heavy atom. The zero-order valence-corrected chi connectivity index (χ0v) is 8.08. The molecule has 0 aliphatic carbocycles. The third-order valence-electron chi connectivity index (χ3n) is 1.49. The van der Waals surface area contributed by atoms with Gasteiger partial charge in [-0.05, 0) is 0 Å². The smallest absolute Gasteiger partial charge is 0.228 e. The SMILES string of the molecule is CC(CCl)C(=O)N(CC#N)CC#N. The molecule has 0 bridgehead atoms. The van der Waals surface area contributed by atoms with Gasteiger partial charge in [-0.15, -0.1) is 11.6 Å². The molecule has 13 heavy (non-hydrogen) atoms. The van der Waals surface area contributed by atoms with Crippen molar-refractivity contribution in [3.8, 4) is 12.1 Å². The first kappa shape index (κ1) is 11.7. The lowest BCUT2D eigenvalue weighted by atomic mass is 10.2. The molecule has 4 nitrogen and oxygen atoms in total. The molecule has 5 heteroatoms. The average molecular weight is 200 g/mol. The van der Waals surface area contributed by atoms with Crippen LogP contribution in [0, 0.1) is 28.6 Å². The minimum absolute atomic E-state index is 0.0619. The highest BCUT2D eigenvalue weighted by Gasteiger charge is 2.18. The van der Waals surface area contributed by atoms with Crippen LogP contribution in [0.4, 0.5) is 0 Å². The molecule has 1 atom stereocenters. The largest absolute Gasteiger partial charge is 0.316 e. The number of amides is 1. The van der Waals surface area contributed by atoms with Gasteiger partial charge in [-0.1, -0.05) is 6.92 Å². The van der Waals surface area contributed by atoms with Crippen molar-refractivity contribution in [2.75, 3.05) is 19.0 Å². The summed E-state index contributed by atoms with van der Waals surface area (Å²) < 4.78 is 0. The Labute approximate surface area is 82.3 Å². The van der Waals surface area contributed by atoms with Gasteiger partial charge in [0.05, 0.1) is 12.1 Å². The molecule has 0 spiro atoms. The zero-order valence-electron chi connectivity index (χ0n) is 7.33. The predicted molar refractivity (Wildman–Crippen MR) is 47.7 cm³/mol. The number of hydrogen-bond acceptors (Lipinski definition) is 3. The molecule has 0 saturated heterocycles. The Morgan fingerprint density at radius 1 is 1.46 bits per heavy atom. The second kappa shape index (κ2) is 6.28. The Morgan fingerprint density at radius 3 is 2.23 bits per heavy atom. The van der Waals surface area contributed by atoms with Crippen LogP contribution in [0.15, 0.2) is 0 Å². The monoisotopic (exact) mass is 199 g/mol. The number of nitriles is 2. The number of alkyl halides is 1. The summed E-state index contributed by atoms with van der Waals surface area (Å²) in [6.07, 6.45) is 0. The van der Waals surface area contributed by atoms with E-state index in [1.54, 1.807) is 6.92 Å². The first-order valence-electron chi connectivity index (χ1n) is 3.76. The molecular weight excluding hydrogens is 190 g/mol. The van der Waals surface area contributed by atoms with Gasteiger partial charge in [0.25, 0.3) is 0 Å². The minimum atomic E-state index is -0.344. The summed E-state index contributed by atoms with van der Waals surface area (Å²) in [5.41, 5.74) is 0. The molecule has 0 fully saturated rings. The molecule has 0 N–H and O–H groups in total. The predicted octanol–water partition coefficient (Wildman–Crippen LogP) is 0.737. The molecule has 0 aromatic rings. The minimum Gasteiger partial charge on any atom is -0.316 e. The molecule has 0 saturated carbocycles. The number of carbonyl (C=O) groups excluding carboxylic acids is 1. The molecule has 0 aromatic heterocycles. The maximum absolute atomic E-state index is 11.4. The topological polar surface area (TPSA) is 67.9 Å². The molecule has 1 amide bonds. The van der Waals surface area contributed by atoms with E-state index in [2.05, 4.69) is 0 Å². The lowest BCUT2D eigenvalue weighted by molar-refractivity contribution is -0.133. The van der Waals surface area contributed by atoms with Gasteiger partial charge in [-0.25, -0.2) is 0 Å². The van der Waals surface area contributed by atoms with Crippen LogP contribution in [0.1, 0.15) is 6.92 Å². The zero-order chi connectivity index (χ0) is 10.3. The quantitative estimate of drug-likeness (QED) is 0.495. The molecule has 0 radical (unpaired) electrons. The van der Waals surface area contributed by atoms with Crippen LogP contribution in [0.2, 0.25) is 0 Å². The highest BCUT2D eigenvalue weighted by atomic mass is 35.5. The van der Waals surface area contributed by atoms with Crippen molar-refractivity contribution in [1.29, 1.82) is 10.5 Å². The van der Waals surface area contributed by atoms with Gasteiger partial charge in [0, 0.05) is 11.8 Å².